The van der Waals surface area contributed by atoms with Crippen LogP contribution in [0, 0.1) is 0 Å². The molecule has 4 nitrogen and oxygen atoms in total. The number of nitrogens with zero attached hydrogens (tertiary/aromatic N) is 2. The number of nitrogens with one attached hydrogen (secondary N) is 1. The van der Waals surface area contributed by atoms with Gasteiger partial charge in [-0.15, -0.1) is 0 Å². The van der Waals surface area contributed by atoms with Crippen molar-refractivity contribution in [3.8, 4) is 5.75 Å². The second-order valence-corrected chi connectivity index (χ2v) is 5.78. The smallest absolute Gasteiger partial charge is 0.171 e. The van der Waals surface area contributed by atoms with Gasteiger partial charge in [0.05, 0.1) is 6.61 Å². The van der Waals surface area contributed by atoms with Gasteiger partial charge in [0, 0.05) is 24.8 Å². The van der Waals surface area contributed by atoms with E-state index < -0.39 is 0 Å². The minimum absolute atomic E-state index is 0.580. The van der Waals surface area contributed by atoms with E-state index in [0.717, 1.165) is 37.7 Å². The zero-order chi connectivity index (χ0) is 13.8. The van der Waals surface area contributed by atoms with E-state index in [9.17, 15) is 0 Å². The molecular formula is C16H25N3O. The molecule has 1 N–H and O–H groups in total. The van der Waals surface area contributed by atoms with Crippen molar-refractivity contribution in [1.29, 1.82) is 0 Å². The van der Waals surface area contributed by atoms with Crippen molar-refractivity contribution in [2.24, 2.45) is 0 Å². The lowest BCUT2D eigenvalue weighted by Gasteiger charge is -2.31. The molecule has 0 spiro atoms. The molecule has 3 heterocycles. The molecule has 2 aliphatic heterocycles. The normalized spacial score (nSPS) is 26.1. The van der Waals surface area contributed by atoms with Gasteiger partial charge in [0.1, 0.15) is 0 Å². The topological polar surface area (TPSA) is 37.4 Å². The lowest BCUT2D eigenvalue weighted by Crippen LogP contribution is -2.44. The fourth-order valence-electron chi connectivity index (χ4n) is 3.44. The van der Waals surface area contributed by atoms with Crippen molar-refractivity contribution in [2.75, 3.05) is 24.6 Å². The van der Waals surface area contributed by atoms with Crippen molar-refractivity contribution in [2.45, 2.75) is 51.1 Å². The average Bonchev–Trinajstić information content (AvgIpc) is 3.15. The molecule has 0 aliphatic carbocycles. The van der Waals surface area contributed by atoms with E-state index >= 15 is 0 Å². The SMILES string of the molecule is CCCOc1cccnc1N1CCCC1C1CCCN1. The summed E-state index contributed by atoms with van der Waals surface area (Å²) in [5.74, 6) is 1.98. The molecule has 110 valence electrons. The number of rotatable bonds is 5. The Morgan fingerprint density at radius 1 is 1.40 bits per heavy atom. The van der Waals surface area contributed by atoms with Gasteiger partial charge in [0.25, 0.3) is 0 Å². The molecule has 0 saturated carbocycles. The molecule has 2 aliphatic rings. The largest absolute Gasteiger partial charge is 0.490 e. The summed E-state index contributed by atoms with van der Waals surface area (Å²) in [4.78, 5) is 7.07. The maximum atomic E-state index is 5.89. The van der Waals surface area contributed by atoms with Gasteiger partial charge in [-0.05, 0) is 50.8 Å². The number of hydrogen-bond acceptors (Lipinski definition) is 4. The molecule has 2 unspecified atom stereocenters. The summed E-state index contributed by atoms with van der Waals surface area (Å²) in [6, 6.07) is 5.22. The van der Waals surface area contributed by atoms with Crippen LogP contribution in [0.3, 0.4) is 0 Å². The maximum Gasteiger partial charge on any atom is 0.171 e. The molecule has 0 radical (unpaired) electrons. The van der Waals surface area contributed by atoms with Crippen LogP contribution in [0.1, 0.15) is 39.0 Å². The van der Waals surface area contributed by atoms with Crippen molar-refractivity contribution >= 4 is 5.82 Å². The Morgan fingerprint density at radius 2 is 2.35 bits per heavy atom. The summed E-state index contributed by atoms with van der Waals surface area (Å²) in [7, 11) is 0. The summed E-state index contributed by atoms with van der Waals surface area (Å²) in [5, 5.41) is 3.65. The van der Waals surface area contributed by atoms with E-state index in [1.165, 1.54) is 25.7 Å². The van der Waals surface area contributed by atoms with Gasteiger partial charge in [-0.2, -0.15) is 0 Å². The van der Waals surface area contributed by atoms with E-state index in [-0.39, 0.29) is 0 Å². The van der Waals surface area contributed by atoms with Crippen LogP contribution in [-0.4, -0.2) is 36.8 Å². The minimum Gasteiger partial charge on any atom is -0.490 e. The monoisotopic (exact) mass is 275 g/mol. The number of hydrogen-bond donors (Lipinski definition) is 1. The van der Waals surface area contributed by atoms with E-state index in [0.29, 0.717) is 12.1 Å². The number of ether oxygens (including phenoxy) is 1. The van der Waals surface area contributed by atoms with Crippen LogP contribution in [0.2, 0.25) is 0 Å². The van der Waals surface area contributed by atoms with E-state index in [2.05, 4.69) is 28.2 Å². The zero-order valence-electron chi connectivity index (χ0n) is 12.3. The van der Waals surface area contributed by atoms with E-state index in [1.54, 1.807) is 0 Å². The molecule has 20 heavy (non-hydrogen) atoms. The average molecular weight is 275 g/mol. The van der Waals surface area contributed by atoms with Crippen LogP contribution < -0.4 is 15.0 Å². The predicted molar refractivity (Wildman–Crippen MR) is 81.4 cm³/mol. The summed E-state index contributed by atoms with van der Waals surface area (Å²) >= 11 is 0. The highest BCUT2D eigenvalue weighted by Gasteiger charge is 2.35. The molecular weight excluding hydrogens is 250 g/mol. The zero-order valence-corrected chi connectivity index (χ0v) is 12.3. The quantitative estimate of drug-likeness (QED) is 0.896. The first-order valence-electron chi connectivity index (χ1n) is 7.98. The van der Waals surface area contributed by atoms with Crippen molar-refractivity contribution in [3.05, 3.63) is 18.3 Å². The van der Waals surface area contributed by atoms with Crippen LogP contribution in [0.15, 0.2) is 18.3 Å². The first kappa shape index (κ1) is 13.7. The van der Waals surface area contributed by atoms with Crippen molar-refractivity contribution in [1.82, 2.24) is 10.3 Å². The molecule has 1 aromatic heterocycles. The Balaban J connectivity index is 1.79. The third-order valence-corrected chi connectivity index (χ3v) is 4.35. The van der Waals surface area contributed by atoms with Crippen LogP contribution in [0.5, 0.6) is 5.75 Å². The third kappa shape index (κ3) is 2.75. The van der Waals surface area contributed by atoms with Crippen LogP contribution in [0.4, 0.5) is 5.82 Å². The molecule has 0 aromatic carbocycles. The maximum absolute atomic E-state index is 5.89. The van der Waals surface area contributed by atoms with Crippen LogP contribution in [0.25, 0.3) is 0 Å². The second kappa shape index (κ2) is 6.44. The fourth-order valence-corrected chi connectivity index (χ4v) is 3.44. The van der Waals surface area contributed by atoms with Gasteiger partial charge in [-0.3, -0.25) is 0 Å². The Hall–Kier alpha value is -1.29. The Kier molecular flexibility index (Phi) is 4.41. The summed E-state index contributed by atoms with van der Waals surface area (Å²) in [6.45, 7) is 5.16. The molecule has 1 aromatic rings. The molecule has 2 fully saturated rings. The molecule has 3 rings (SSSR count). The Bertz CT molecular complexity index is 431. The summed E-state index contributed by atoms with van der Waals surface area (Å²) in [6.07, 6.45) is 8.03. The van der Waals surface area contributed by atoms with Crippen LogP contribution in [-0.2, 0) is 0 Å². The second-order valence-electron chi connectivity index (χ2n) is 5.78. The predicted octanol–water partition coefficient (Wildman–Crippen LogP) is 2.59. The molecule has 2 saturated heterocycles. The first-order chi connectivity index (χ1) is 9.90. The summed E-state index contributed by atoms with van der Waals surface area (Å²) < 4.78 is 5.89. The van der Waals surface area contributed by atoms with E-state index in [4.69, 9.17) is 4.74 Å². The third-order valence-electron chi connectivity index (χ3n) is 4.35. The minimum atomic E-state index is 0.580. The number of anilines is 1. The standard InChI is InChI=1S/C16H25N3O/c1-2-12-20-15-8-4-10-18-16(15)19-11-5-7-14(19)13-6-3-9-17-13/h4,8,10,13-14,17H,2-3,5-7,9,11-12H2,1H3. The lowest BCUT2D eigenvalue weighted by molar-refractivity contribution is 0.315. The highest BCUT2D eigenvalue weighted by atomic mass is 16.5. The fraction of sp³-hybridized carbons (Fsp3) is 0.688. The molecule has 4 heteroatoms. The summed E-state index contributed by atoms with van der Waals surface area (Å²) in [5.41, 5.74) is 0. The molecule has 0 bridgehead atoms. The lowest BCUT2D eigenvalue weighted by atomic mass is 10.0. The number of aromatic nitrogens is 1. The van der Waals surface area contributed by atoms with Gasteiger partial charge < -0.3 is 15.0 Å². The molecule has 0 amide bonds. The highest BCUT2D eigenvalue weighted by Crippen LogP contribution is 2.34. The van der Waals surface area contributed by atoms with Gasteiger partial charge in [-0.25, -0.2) is 4.98 Å². The Morgan fingerprint density at radius 3 is 3.15 bits per heavy atom. The van der Waals surface area contributed by atoms with Gasteiger partial charge in [0.2, 0.25) is 0 Å². The highest BCUT2D eigenvalue weighted by molar-refractivity contribution is 5.54. The number of pyridine rings is 1. The molecule has 2 atom stereocenters. The van der Waals surface area contributed by atoms with E-state index in [1.807, 2.05) is 12.3 Å². The van der Waals surface area contributed by atoms with Gasteiger partial charge >= 0.3 is 0 Å². The first-order valence-corrected chi connectivity index (χ1v) is 7.98. The van der Waals surface area contributed by atoms with Crippen molar-refractivity contribution in [3.63, 3.8) is 0 Å². The van der Waals surface area contributed by atoms with Gasteiger partial charge in [0.15, 0.2) is 11.6 Å². The van der Waals surface area contributed by atoms with Gasteiger partial charge in [-0.1, -0.05) is 6.92 Å². The Labute approximate surface area is 121 Å². The van der Waals surface area contributed by atoms with Crippen molar-refractivity contribution < 1.29 is 4.74 Å². The van der Waals surface area contributed by atoms with Crippen LogP contribution >= 0.6 is 0 Å².